The number of hydrogen-bond donors (Lipinski definition) is 0. The van der Waals surface area contributed by atoms with E-state index in [1.54, 1.807) is 0 Å². The molecule has 0 aromatic heterocycles. The minimum Gasteiger partial charge on any atom is -0.368 e. The van der Waals surface area contributed by atoms with E-state index >= 15 is 0 Å². The molecule has 2 heteroatoms. The van der Waals surface area contributed by atoms with Gasteiger partial charge in [-0.25, -0.2) is 0 Å². The van der Waals surface area contributed by atoms with Gasteiger partial charge in [0, 0.05) is 12.5 Å². The van der Waals surface area contributed by atoms with Crippen LogP contribution in [0.5, 0.6) is 0 Å². The van der Waals surface area contributed by atoms with E-state index in [9.17, 15) is 0 Å². The van der Waals surface area contributed by atoms with Crippen molar-refractivity contribution in [2.75, 3.05) is 19.6 Å². The van der Waals surface area contributed by atoms with Gasteiger partial charge >= 0.3 is 0 Å². The fraction of sp³-hybridized carbons (Fsp3) is 0.478. The van der Waals surface area contributed by atoms with Gasteiger partial charge in [0.2, 0.25) is 0 Å². The number of benzene rings is 2. The molecule has 0 amide bonds. The highest BCUT2D eigenvalue weighted by atomic mass is 16.5. The Labute approximate surface area is 150 Å². The molecular formula is C23H27NO. The van der Waals surface area contributed by atoms with E-state index < -0.39 is 0 Å². The summed E-state index contributed by atoms with van der Waals surface area (Å²) in [5.74, 6) is 0.509. The van der Waals surface area contributed by atoms with Crippen molar-refractivity contribution in [3.63, 3.8) is 0 Å². The maximum atomic E-state index is 6.69. The van der Waals surface area contributed by atoms with Gasteiger partial charge in [-0.3, -0.25) is 0 Å². The van der Waals surface area contributed by atoms with Gasteiger partial charge in [-0.15, -0.1) is 0 Å². The van der Waals surface area contributed by atoms with Crippen LogP contribution in [0, 0.1) is 0 Å². The van der Waals surface area contributed by atoms with Crippen molar-refractivity contribution in [2.24, 2.45) is 0 Å². The summed E-state index contributed by atoms with van der Waals surface area (Å²) in [6, 6.07) is 18.0. The van der Waals surface area contributed by atoms with Crippen LogP contribution in [0.15, 0.2) is 48.5 Å². The number of nitrogens with zero attached hydrogens (tertiary/aromatic N) is 1. The molecule has 3 aliphatic rings. The molecule has 2 fully saturated rings. The summed E-state index contributed by atoms with van der Waals surface area (Å²) in [4.78, 5) is 2.62. The monoisotopic (exact) mass is 333 g/mol. The van der Waals surface area contributed by atoms with Crippen LogP contribution >= 0.6 is 0 Å². The van der Waals surface area contributed by atoms with E-state index in [2.05, 4.69) is 53.4 Å². The second-order valence-electron chi connectivity index (χ2n) is 7.96. The van der Waals surface area contributed by atoms with E-state index in [-0.39, 0.29) is 6.10 Å². The molecule has 2 aliphatic heterocycles. The van der Waals surface area contributed by atoms with Crippen molar-refractivity contribution in [1.82, 2.24) is 4.90 Å². The lowest BCUT2D eigenvalue weighted by molar-refractivity contribution is 0.0159. The molecule has 2 aromatic rings. The topological polar surface area (TPSA) is 12.5 Å². The van der Waals surface area contributed by atoms with Gasteiger partial charge in [-0.05, 0) is 61.0 Å². The van der Waals surface area contributed by atoms with Gasteiger partial charge in [0.1, 0.15) is 0 Å². The van der Waals surface area contributed by atoms with Gasteiger partial charge in [-0.2, -0.15) is 0 Å². The lowest BCUT2D eigenvalue weighted by atomic mass is 9.87. The van der Waals surface area contributed by atoms with Gasteiger partial charge in [0.25, 0.3) is 0 Å². The molecule has 0 radical (unpaired) electrons. The number of piperidine rings is 1. The van der Waals surface area contributed by atoms with Gasteiger partial charge in [-0.1, -0.05) is 55.0 Å². The van der Waals surface area contributed by atoms with Crippen LogP contribution < -0.4 is 0 Å². The number of likely N-dealkylation sites (tertiary alicyclic amines) is 1. The number of fused-ring (bicyclic) bond motifs is 5. The Morgan fingerprint density at radius 3 is 2.32 bits per heavy atom. The maximum absolute atomic E-state index is 6.69. The third-order valence-corrected chi connectivity index (χ3v) is 6.33. The molecule has 3 atom stereocenters. The Morgan fingerprint density at radius 2 is 1.52 bits per heavy atom. The van der Waals surface area contributed by atoms with Crippen LogP contribution in [0.4, 0.5) is 0 Å². The fourth-order valence-corrected chi connectivity index (χ4v) is 5.13. The molecule has 130 valence electrons. The predicted molar refractivity (Wildman–Crippen MR) is 101 cm³/mol. The average Bonchev–Trinajstić information content (AvgIpc) is 3.01. The lowest BCUT2D eigenvalue weighted by Gasteiger charge is -2.29. The van der Waals surface area contributed by atoms with Crippen LogP contribution in [0.1, 0.15) is 60.0 Å². The normalized spacial score (nSPS) is 28.7. The number of ether oxygens (including phenoxy) is 1. The number of rotatable bonds is 2. The second-order valence-corrected chi connectivity index (χ2v) is 7.96. The van der Waals surface area contributed by atoms with Crippen molar-refractivity contribution in [3.8, 4) is 0 Å². The summed E-state index contributed by atoms with van der Waals surface area (Å²) in [6.45, 7) is 3.61. The molecule has 2 saturated heterocycles. The molecule has 5 rings (SSSR count). The molecule has 3 unspecified atom stereocenters. The summed E-state index contributed by atoms with van der Waals surface area (Å²) in [7, 11) is 0. The van der Waals surface area contributed by atoms with E-state index in [0.717, 1.165) is 19.4 Å². The Morgan fingerprint density at radius 1 is 0.840 bits per heavy atom. The third-order valence-electron chi connectivity index (χ3n) is 6.33. The first kappa shape index (κ1) is 15.6. The zero-order chi connectivity index (χ0) is 16.6. The molecule has 25 heavy (non-hydrogen) atoms. The highest BCUT2D eigenvalue weighted by molar-refractivity contribution is 5.45. The van der Waals surface area contributed by atoms with Crippen molar-refractivity contribution in [1.29, 1.82) is 0 Å². The van der Waals surface area contributed by atoms with Crippen LogP contribution in [0.2, 0.25) is 0 Å². The molecule has 2 heterocycles. The van der Waals surface area contributed by atoms with Gasteiger partial charge in [0.15, 0.2) is 0 Å². The van der Waals surface area contributed by atoms with E-state index in [0.29, 0.717) is 12.0 Å². The van der Waals surface area contributed by atoms with Crippen molar-refractivity contribution < 1.29 is 4.74 Å². The number of hydrogen-bond acceptors (Lipinski definition) is 2. The summed E-state index contributed by atoms with van der Waals surface area (Å²) in [6.07, 6.45) is 6.90. The smallest absolute Gasteiger partial charge is 0.0901 e. The minimum absolute atomic E-state index is 0.231. The molecule has 0 saturated carbocycles. The second kappa shape index (κ2) is 6.59. The fourth-order valence-electron chi connectivity index (χ4n) is 5.13. The van der Waals surface area contributed by atoms with E-state index in [1.165, 1.54) is 54.6 Å². The molecule has 2 aromatic carbocycles. The lowest BCUT2D eigenvalue weighted by Crippen LogP contribution is -2.36. The molecule has 1 aliphatic carbocycles. The Hall–Kier alpha value is -1.64. The van der Waals surface area contributed by atoms with Crippen LogP contribution in [0.25, 0.3) is 0 Å². The quantitative estimate of drug-likeness (QED) is 0.790. The minimum atomic E-state index is 0.231. The first-order valence-electron chi connectivity index (χ1n) is 9.92. The molecule has 0 N–H and O–H groups in total. The Bertz CT molecular complexity index is 696. The first-order chi connectivity index (χ1) is 12.4. The van der Waals surface area contributed by atoms with Crippen LogP contribution in [-0.2, 0) is 11.2 Å². The third kappa shape index (κ3) is 2.92. The Balaban J connectivity index is 1.47. The molecular weight excluding hydrogens is 306 g/mol. The molecule has 0 bridgehead atoms. The summed E-state index contributed by atoms with van der Waals surface area (Å²) in [5.41, 5.74) is 5.88. The summed E-state index contributed by atoms with van der Waals surface area (Å²) < 4.78 is 6.69. The standard InChI is InChI=1S/C23H27NO/c1-6-12-24(13-7-1)16-19-15-22-20-10-4-2-8-17(20)14-18-9-3-5-11-21(18)23(22)25-19/h2-5,8-11,19,22-23H,1,6-7,12-16H2. The highest BCUT2D eigenvalue weighted by Crippen LogP contribution is 2.49. The van der Waals surface area contributed by atoms with Crippen molar-refractivity contribution in [3.05, 3.63) is 70.8 Å². The van der Waals surface area contributed by atoms with Crippen LogP contribution in [0.3, 0.4) is 0 Å². The largest absolute Gasteiger partial charge is 0.368 e. The zero-order valence-corrected chi connectivity index (χ0v) is 14.9. The van der Waals surface area contributed by atoms with Gasteiger partial charge < -0.3 is 9.64 Å². The molecule has 0 spiro atoms. The Kier molecular flexibility index (Phi) is 4.11. The van der Waals surface area contributed by atoms with Crippen molar-refractivity contribution in [2.45, 2.75) is 50.2 Å². The van der Waals surface area contributed by atoms with E-state index in [1.807, 2.05) is 0 Å². The average molecular weight is 333 g/mol. The summed E-state index contributed by atoms with van der Waals surface area (Å²) in [5, 5.41) is 0. The SMILES string of the molecule is c1ccc2c(c1)Cc1ccccc1C1OC(CN3CCCCC3)CC21. The molecule has 2 nitrogen and oxygen atoms in total. The zero-order valence-electron chi connectivity index (χ0n) is 14.9. The van der Waals surface area contributed by atoms with E-state index in [4.69, 9.17) is 4.74 Å². The first-order valence-corrected chi connectivity index (χ1v) is 9.92. The summed E-state index contributed by atoms with van der Waals surface area (Å²) >= 11 is 0. The van der Waals surface area contributed by atoms with Crippen LogP contribution in [-0.4, -0.2) is 30.6 Å². The van der Waals surface area contributed by atoms with Gasteiger partial charge in [0.05, 0.1) is 12.2 Å². The predicted octanol–water partition coefficient (Wildman–Crippen LogP) is 4.69. The highest BCUT2D eigenvalue weighted by Gasteiger charge is 2.40. The van der Waals surface area contributed by atoms with Crippen molar-refractivity contribution >= 4 is 0 Å². The maximum Gasteiger partial charge on any atom is 0.0901 e.